The number of nitrogens with two attached hydrogens (primary N) is 1. The molecule has 0 saturated heterocycles. The van der Waals surface area contributed by atoms with Crippen LogP contribution in [-0.2, 0) is 23.8 Å². The molecule has 206 valence electrons. The molecule has 0 aromatic carbocycles. The first-order valence-corrected chi connectivity index (χ1v) is 12.7. The van der Waals surface area contributed by atoms with Crippen LogP contribution in [0, 0.1) is 0 Å². The van der Waals surface area contributed by atoms with Crippen LogP contribution in [0.15, 0.2) is 0 Å². The molecule has 0 atom stereocenters. The van der Waals surface area contributed by atoms with Gasteiger partial charge in [0.15, 0.2) is 0 Å². The summed E-state index contributed by atoms with van der Waals surface area (Å²) in [6, 6.07) is 0. The van der Waals surface area contributed by atoms with Gasteiger partial charge < -0.3 is 35.7 Å². The second-order valence-corrected chi connectivity index (χ2v) is 6.96. The Balaban J connectivity index is -0.000000226. The van der Waals surface area contributed by atoms with Crippen molar-refractivity contribution in [1.82, 2.24) is 10.6 Å². The van der Waals surface area contributed by atoms with Crippen LogP contribution < -0.4 is 16.4 Å². The lowest BCUT2D eigenvalue weighted by Crippen LogP contribution is -2.27. The van der Waals surface area contributed by atoms with Crippen LogP contribution in [0.25, 0.3) is 0 Å². The zero-order valence-corrected chi connectivity index (χ0v) is 21.8. The van der Waals surface area contributed by atoms with Crippen LogP contribution in [-0.4, -0.2) is 82.8 Å². The Morgan fingerprint density at radius 3 is 1.58 bits per heavy atom. The molecule has 0 aromatic rings. The monoisotopic (exact) mass is 485 g/mol. The van der Waals surface area contributed by atoms with Crippen molar-refractivity contribution in [2.75, 3.05) is 65.9 Å². The van der Waals surface area contributed by atoms with E-state index >= 15 is 0 Å². The Labute approximate surface area is 206 Å². The van der Waals surface area contributed by atoms with Crippen LogP contribution in [0.2, 0.25) is 0 Å². The number of aliphatic hydroxyl groups is 1. The van der Waals surface area contributed by atoms with Crippen molar-refractivity contribution in [2.24, 2.45) is 5.73 Å². The average Bonchev–Trinajstić information content (AvgIpc) is 2.83. The highest BCUT2D eigenvalue weighted by Crippen LogP contribution is 1.96. The van der Waals surface area contributed by atoms with Crippen molar-refractivity contribution in [1.29, 1.82) is 0 Å². The lowest BCUT2D eigenvalue weighted by molar-refractivity contribution is -0.122. The first kappa shape index (κ1) is 36.3. The summed E-state index contributed by atoms with van der Waals surface area (Å²) in [7, 11) is 0. The average molecular weight is 486 g/mol. The number of hydrogen-bond donors (Lipinski definition) is 4. The Morgan fingerprint density at radius 1 is 0.727 bits per heavy atom. The largest absolute Gasteiger partial charge is 0.396 e. The molecule has 0 bridgehead atoms. The maximum absolute atomic E-state index is 11.6. The number of unbranched alkanes of at least 4 members (excludes halogenated alkanes) is 1. The second kappa shape index (κ2) is 35.3. The number of hydrogen-bond acceptors (Lipinski definition) is 7. The normalized spacial score (nSPS) is 9.88. The lowest BCUT2D eigenvalue weighted by atomic mass is 10.2. The predicted octanol–water partition coefficient (Wildman–Crippen LogP) is 3.13. The Kier molecular flexibility index (Phi) is 38.9. The fraction of sp³-hybridized carbons (Fsp3) is 0.917. The van der Waals surface area contributed by atoms with Gasteiger partial charge in [0.2, 0.25) is 11.8 Å². The van der Waals surface area contributed by atoms with Crippen LogP contribution >= 0.6 is 0 Å². The third-order valence-corrected chi connectivity index (χ3v) is 3.99. The molecule has 9 heteroatoms. The van der Waals surface area contributed by atoms with Crippen LogP contribution in [0.1, 0.15) is 83.3 Å². The van der Waals surface area contributed by atoms with Crippen molar-refractivity contribution in [3.63, 3.8) is 0 Å². The summed E-state index contributed by atoms with van der Waals surface area (Å²) in [5, 5.41) is 14.1. The molecule has 0 radical (unpaired) electrons. The molecule has 0 rings (SSSR count). The number of carbonyl (C=O) groups excluding carboxylic acids is 2. The fourth-order valence-electron chi connectivity index (χ4n) is 2.02. The van der Waals surface area contributed by atoms with Crippen LogP contribution in [0.4, 0.5) is 0 Å². The summed E-state index contributed by atoms with van der Waals surface area (Å²) in [6.45, 7) is 13.5. The molecule has 0 saturated carbocycles. The first-order valence-electron chi connectivity index (χ1n) is 12.7. The highest BCUT2D eigenvalue weighted by Gasteiger charge is 2.04. The molecule has 0 aliphatic heterocycles. The summed E-state index contributed by atoms with van der Waals surface area (Å²) >= 11 is 0. The molecule has 0 aliphatic carbocycles. The summed E-state index contributed by atoms with van der Waals surface area (Å²) in [5.41, 5.74) is 5.35. The van der Waals surface area contributed by atoms with E-state index < -0.39 is 0 Å². The Bertz CT molecular complexity index is 400. The molecule has 9 nitrogen and oxygen atoms in total. The summed E-state index contributed by atoms with van der Waals surface area (Å²) in [4.78, 5) is 23.1. The zero-order valence-electron chi connectivity index (χ0n) is 21.8. The Hall–Kier alpha value is -1.26. The zero-order chi connectivity index (χ0) is 25.4. The molecule has 33 heavy (non-hydrogen) atoms. The second-order valence-electron chi connectivity index (χ2n) is 6.96. The summed E-state index contributed by atoms with van der Waals surface area (Å²) in [5.74, 6) is -0.148. The van der Waals surface area contributed by atoms with E-state index in [-0.39, 0.29) is 22.7 Å². The Morgan fingerprint density at radius 2 is 1.15 bits per heavy atom. The smallest absolute Gasteiger partial charge is 0.220 e. The van der Waals surface area contributed by atoms with Crippen molar-refractivity contribution in [2.45, 2.75) is 79.1 Å². The van der Waals surface area contributed by atoms with Gasteiger partial charge in [0.25, 0.3) is 0 Å². The van der Waals surface area contributed by atoms with E-state index in [1.165, 1.54) is 12.8 Å². The molecule has 0 aromatic heterocycles. The van der Waals surface area contributed by atoms with Gasteiger partial charge in [-0.15, -0.1) is 0 Å². The van der Waals surface area contributed by atoms with Crippen molar-refractivity contribution >= 4 is 11.8 Å². The van der Waals surface area contributed by atoms with E-state index in [2.05, 4.69) is 24.5 Å². The molecule has 0 spiro atoms. The van der Waals surface area contributed by atoms with E-state index in [1.807, 2.05) is 13.8 Å². The first-order chi connectivity index (χ1) is 16.1. The number of carbonyl (C=O) groups is 2. The standard InChI is InChI=1S/C18H37N3O6.C4H10.C2H6.3H2/c19-7-2-11-25-13-15-27-16-14-26-12-4-9-21-18(24)6-1-5-17(23)20-8-3-10-22;1-3-4-2;1-2;;;/h22H,1-16,19H2,(H,20,23)(H,21,24);3-4H2,1-2H3;1-2H3;3*1H. The minimum Gasteiger partial charge on any atom is -0.396 e. The van der Waals surface area contributed by atoms with Gasteiger partial charge in [0.1, 0.15) is 0 Å². The van der Waals surface area contributed by atoms with Crippen LogP contribution in [0.5, 0.6) is 0 Å². The van der Waals surface area contributed by atoms with Gasteiger partial charge in [0.05, 0.1) is 26.4 Å². The minimum absolute atomic E-state index is 0. The third-order valence-electron chi connectivity index (χ3n) is 3.99. The van der Waals surface area contributed by atoms with Gasteiger partial charge in [-0.2, -0.15) is 0 Å². The maximum Gasteiger partial charge on any atom is 0.220 e. The van der Waals surface area contributed by atoms with Gasteiger partial charge in [-0.3, -0.25) is 9.59 Å². The van der Waals surface area contributed by atoms with Crippen molar-refractivity contribution in [3.05, 3.63) is 0 Å². The molecule has 0 heterocycles. The van der Waals surface area contributed by atoms with Crippen LogP contribution in [0.3, 0.4) is 0 Å². The van der Waals surface area contributed by atoms with E-state index in [0.29, 0.717) is 85.0 Å². The number of amides is 2. The van der Waals surface area contributed by atoms with Gasteiger partial charge in [-0.05, 0) is 32.2 Å². The summed E-state index contributed by atoms with van der Waals surface area (Å²) in [6.07, 6.45) is 5.94. The SMILES string of the molecule is CC.CCCC.NCCCOCCOCCOCCCNC(=O)CCCC(=O)NCCCO.[HH].[HH].[HH]. The molecular weight excluding hydrogens is 426 g/mol. The minimum atomic E-state index is -0.0889. The quantitative estimate of drug-likeness (QED) is 0.184. The van der Waals surface area contributed by atoms with Gasteiger partial charge in [0, 0.05) is 50.0 Å². The number of ether oxygens (including phenoxy) is 3. The van der Waals surface area contributed by atoms with E-state index in [1.54, 1.807) is 0 Å². The topological polar surface area (TPSA) is 132 Å². The summed E-state index contributed by atoms with van der Waals surface area (Å²) < 4.78 is 16.1. The van der Waals surface area contributed by atoms with Crippen molar-refractivity contribution < 1.29 is 33.2 Å². The molecule has 5 N–H and O–H groups in total. The number of rotatable bonds is 21. The number of aliphatic hydroxyl groups excluding tert-OH is 1. The molecular formula is C24H59N3O6. The van der Waals surface area contributed by atoms with E-state index in [0.717, 1.165) is 12.8 Å². The highest BCUT2D eigenvalue weighted by atomic mass is 16.5. The van der Waals surface area contributed by atoms with Gasteiger partial charge >= 0.3 is 0 Å². The van der Waals surface area contributed by atoms with Gasteiger partial charge in [-0.1, -0.05) is 40.5 Å². The molecule has 0 aliphatic rings. The molecule has 2 amide bonds. The van der Waals surface area contributed by atoms with E-state index in [4.69, 9.17) is 25.1 Å². The maximum atomic E-state index is 11.6. The number of nitrogens with one attached hydrogen (secondary N) is 2. The fourth-order valence-corrected chi connectivity index (χ4v) is 2.02. The third kappa shape index (κ3) is 38.3. The van der Waals surface area contributed by atoms with E-state index in [9.17, 15) is 9.59 Å². The molecule has 0 fully saturated rings. The van der Waals surface area contributed by atoms with Gasteiger partial charge in [-0.25, -0.2) is 0 Å². The molecule has 0 unspecified atom stereocenters. The predicted molar refractivity (Wildman–Crippen MR) is 141 cm³/mol. The van der Waals surface area contributed by atoms with Crippen molar-refractivity contribution in [3.8, 4) is 0 Å². The highest BCUT2D eigenvalue weighted by molar-refractivity contribution is 5.78. The lowest BCUT2D eigenvalue weighted by Gasteiger charge is -2.08.